The Morgan fingerprint density at radius 2 is 2.24 bits per heavy atom. The monoisotopic (exact) mass is 250 g/mol. The van der Waals surface area contributed by atoms with Gasteiger partial charge in [-0.05, 0) is 36.7 Å². The molecule has 0 spiro atoms. The fourth-order valence-corrected chi connectivity index (χ4v) is 2.22. The smallest absolute Gasteiger partial charge is 0.413 e. The van der Waals surface area contributed by atoms with Gasteiger partial charge in [0.25, 0.3) is 0 Å². The van der Waals surface area contributed by atoms with Crippen LogP contribution in [0.3, 0.4) is 0 Å². The Balaban J connectivity index is 2.18. The van der Waals surface area contributed by atoms with Crippen molar-refractivity contribution in [3.05, 3.63) is 29.8 Å². The highest BCUT2D eigenvalue weighted by Gasteiger charge is 2.20. The Kier molecular flexibility index (Phi) is 3.58. The van der Waals surface area contributed by atoms with Crippen molar-refractivity contribution in [3.63, 3.8) is 0 Å². The number of nitrogens with one attached hydrogen (secondary N) is 1. The molecule has 0 aliphatic carbocycles. The molecule has 1 heterocycles. The highest BCUT2D eigenvalue weighted by Crippen LogP contribution is 2.26. The van der Waals surface area contributed by atoms with Crippen molar-refractivity contribution in [1.29, 1.82) is 0 Å². The van der Waals surface area contributed by atoms with Gasteiger partial charge in [0.15, 0.2) is 5.11 Å². The van der Waals surface area contributed by atoms with E-state index in [9.17, 15) is 4.79 Å². The van der Waals surface area contributed by atoms with E-state index in [2.05, 4.69) is 16.1 Å². The van der Waals surface area contributed by atoms with Crippen molar-refractivity contribution in [3.8, 4) is 0 Å². The number of methoxy groups -OCH3 is 1. The Morgan fingerprint density at radius 1 is 1.47 bits per heavy atom. The standard InChI is InChI=1S/C12H14N2O2S/c1-16-12(15)13-11(17)14-8-4-6-9-5-2-3-7-10(9)14/h2-3,5,7H,4,6,8H2,1H3,(H,13,15,17). The fourth-order valence-electron chi connectivity index (χ4n) is 1.95. The first-order valence-corrected chi connectivity index (χ1v) is 5.87. The maximum atomic E-state index is 11.1. The number of benzene rings is 1. The minimum absolute atomic E-state index is 0.393. The number of carbonyl (C=O) groups is 1. The largest absolute Gasteiger partial charge is 0.453 e. The molecule has 0 atom stereocenters. The Morgan fingerprint density at radius 3 is 3.00 bits per heavy atom. The molecule has 4 nitrogen and oxygen atoms in total. The van der Waals surface area contributed by atoms with Gasteiger partial charge >= 0.3 is 6.09 Å². The minimum atomic E-state index is -0.530. The zero-order valence-electron chi connectivity index (χ0n) is 9.60. The van der Waals surface area contributed by atoms with Crippen molar-refractivity contribution >= 4 is 29.1 Å². The number of rotatable bonds is 0. The number of fused-ring (bicyclic) bond motifs is 1. The summed E-state index contributed by atoms with van der Waals surface area (Å²) in [5.41, 5.74) is 2.33. The van der Waals surface area contributed by atoms with Gasteiger partial charge in [0.1, 0.15) is 0 Å². The summed E-state index contributed by atoms with van der Waals surface area (Å²) in [7, 11) is 1.32. The molecule has 0 saturated carbocycles. The number of anilines is 1. The van der Waals surface area contributed by atoms with Crippen LogP contribution in [0.1, 0.15) is 12.0 Å². The normalized spacial score (nSPS) is 13.8. The summed E-state index contributed by atoms with van der Waals surface area (Å²) in [5.74, 6) is 0. The predicted molar refractivity (Wildman–Crippen MR) is 70.2 cm³/mol. The number of aryl methyl sites for hydroxylation is 1. The van der Waals surface area contributed by atoms with Crippen LogP contribution < -0.4 is 10.2 Å². The van der Waals surface area contributed by atoms with Gasteiger partial charge in [-0.3, -0.25) is 5.32 Å². The zero-order valence-corrected chi connectivity index (χ0v) is 10.4. The number of para-hydroxylation sites is 1. The lowest BCUT2D eigenvalue weighted by molar-refractivity contribution is 0.177. The van der Waals surface area contributed by atoms with Crippen LogP contribution in [-0.2, 0) is 11.2 Å². The molecule has 2 rings (SSSR count). The molecule has 0 radical (unpaired) electrons. The third kappa shape index (κ3) is 2.55. The van der Waals surface area contributed by atoms with E-state index in [1.807, 2.05) is 23.1 Å². The molecule has 1 aromatic rings. The SMILES string of the molecule is COC(=O)NC(=S)N1CCCc2ccccc21. The molecule has 5 heteroatoms. The second-order valence-corrected chi connectivity index (χ2v) is 4.19. The summed E-state index contributed by atoms with van der Waals surface area (Å²) >= 11 is 5.21. The number of nitrogens with zero attached hydrogens (tertiary/aromatic N) is 1. The highest BCUT2D eigenvalue weighted by molar-refractivity contribution is 7.80. The lowest BCUT2D eigenvalue weighted by Crippen LogP contribution is -2.45. The maximum Gasteiger partial charge on any atom is 0.413 e. The predicted octanol–water partition coefficient (Wildman–Crippen LogP) is 2.08. The van der Waals surface area contributed by atoms with Crippen LogP contribution in [0.2, 0.25) is 0 Å². The lowest BCUT2D eigenvalue weighted by atomic mass is 10.0. The van der Waals surface area contributed by atoms with E-state index in [0.29, 0.717) is 5.11 Å². The molecule has 1 aliphatic heterocycles. The fraction of sp³-hybridized carbons (Fsp3) is 0.333. The first-order chi connectivity index (χ1) is 8.22. The molecule has 1 amide bonds. The first kappa shape index (κ1) is 11.9. The van der Waals surface area contributed by atoms with E-state index in [-0.39, 0.29) is 0 Å². The number of hydrogen-bond acceptors (Lipinski definition) is 3. The van der Waals surface area contributed by atoms with E-state index < -0.39 is 6.09 Å². The van der Waals surface area contributed by atoms with E-state index in [0.717, 1.165) is 25.1 Å². The minimum Gasteiger partial charge on any atom is -0.453 e. The average molecular weight is 250 g/mol. The number of hydrogen-bond donors (Lipinski definition) is 1. The third-order valence-corrected chi connectivity index (χ3v) is 3.07. The van der Waals surface area contributed by atoms with Gasteiger partial charge in [-0.25, -0.2) is 4.79 Å². The molecule has 1 aliphatic rings. The summed E-state index contributed by atoms with van der Waals surface area (Å²) in [6.07, 6.45) is 1.55. The number of amides is 1. The number of ether oxygens (including phenoxy) is 1. The van der Waals surface area contributed by atoms with Gasteiger partial charge in [-0.15, -0.1) is 0 Å². The maximum absolute atomic E-state index is 11.1. The van der Waals surface area contributed by atoms with Gasteiger partial charge in [0.05, 0.1) is 7.11 Å². The average Bonchev–Trinajstić information content (AvgIpc) is 2.37. The molecule has 0 saturated heterocycles. The van der Waals surface area contributed by atoms with Crippen molar-refractivity contribution in [2.24, 2.45) is 0 Å². The molecule has 0 bridgehead atoms. The zero-order chi connectivity index (χ0) is 12.3. The van der Waals surface area contributed by atoms with E-state index in [1.54, 1.807) is 0 Å². The second-order valence-electron chi connectivity index (χ2n) is 3.81. The van der Waals surface area contributed by atoms with E-state index in [1.165, 1.54) is 12.7 Å². The van der Waals surface area contributed by atoms with Crippen LogP contribution >= 0.6 is 12.2 Å². The number of carbonyl (C=O) groups excluding carboxylic acids is 1. The van der Waals surface area contributed by atoms with Crippen molar-refractivity contribution in [2.75, 3.05) is 18.6 Å². The molecule has 0 fully saturated rings. The molecular weight excluding hydrogens is 236 g/mol. The summed E-state index contributed by atoms with van der Waals surface area (Å²) < 4.78 is 4.54. The van der Waals surface area contributed by atoms with Gasteiger partial charge in [-0.2, -0.15) is 0 Å². The number of alkyl carbamates (subject to hydrolysis) is 1. The molecule has 0 aromatic heterocycles. The van der Waals surface area contributed by atoms with E-state index >= 15 is 0 Å². The quantitative estimate of drug-likeness (QED) is 0.716. The number of thiocarbonyl (C=S) groups is 1. The van der Waals surface area contributed by atoms with Crippen LogP contribution in [0.15, 0.2) is 24.3 Å². The van der Waals surface area contributed by atoms with Crippen molar-refractivity contribution in [1.82, 2.24) is 5.32 Å². The van der Waals surface area contributed by atoms with Crippen molar-refractivity contribution in [2.45, 2.75) is 12.8 Å². The molecular formula is C12H14N2O2S. The Hall–Kier alpha value is -1.62. The molecule has 0 unspecified atom stereocenters. The van der Waals surface area contributed by atoms with Gasteiger partial charge in [0.2, 0.25) is 0 Å². The van der Waals surface area contributed by atoms with Crippen LogP contribution in [0.25, 0.3) is 0 Å². The lowest BCUT2D eigenvalue weighted by Gasteiger charge is -2.31. The van der Waals surface area contributed by atoms with E-state index in [4.69, 9.17) is 12.2 Å². The Bertz CT molecular complexity index is 448. The summed E-state index contributed by atoms with van der Waals surface area (Å²) in [6, 6.07) is 8.08. The van der Waals surface area contributed by atoms with Gasteiger partial charge < -0.3 is 9.64 Å². The van der Waals surface area contributed by atoms with Gasteiger partial charge in [-0.1, -0.05) is 18.2 Å². The summed E-state index contributed by atoms with van der Waals surface area (Å²) in [5, 5.41) is 2.93. The second kappa shape index (κ2) is 5.14. The van der Waals surface area contributed by atoms with Crippen LogP contribution in [0, 0.1) is 0 Å². The molecule has 90 valence electrons. The molecule has 17 heavy (non-hydrogen) atoms. The topological polar surface area (TPSA) is 41.6 Å². The van der Waals surface area contributed by atoms with Crippen LogP contribution in [-0.4, -0.2) is 24.9 Å². The first-order valence-electron chi connectivity index (χ1n) is 5.46. The summed E-state index contributed by atoms with van der Waals surface area (Å²) in [6.45, 7) is 0.819. The highest BCUT2D eigenvalue weighted by atomic mass is 32.1. The summed E-state index contributed by atoms with van der Waals surface area (Å²) in [4.78, 5) is 13.1. The third-order valence-electron chi connectivity index (χ3n) is 2.75. The van der Waals surface area contributed by atoms with Crippen LogP contribution in [0.4, 0.5) is 10.5 Å². The Labute approximate surface area is 106 Å². The molecule has 1 aromatic carbocycles. The van der Waals surface area contributed by atoms with Gasteiger partial charge in [0, 0.05) is 12.2 Å². The van der Waals surface area contributed by atoms with Crippen LogP contribution in [0.5, 0.6) is 0 Å². The van der Waals surface area contributed by atoms with Crippen molar-refractivity contribution < 1.29 is 9.53 Å². The molecule has 1 N–H and O–H groups in total.